The Morgan fingerprint density at radius 3 is 2.85 bits per heavy atom. The quantitative estimate of drug-likeness (QED) is 0.471. The minimum absolute atomic E-state index is 0.237. The largest absolute Gasteiger partial charge is 0.461 e. The van der Waals surface area contributed by atoms with Crippen LogP contribution in [0.2, 0.25) is 0 Å². The van der Waals surface area contributed by atoms with E-state index in [1.165, 1.54) is 0 Å². The van der Waals surface area contributed by atoms with Crippen molar-refractivity contribution < 1.29 is 28.9 Å². The van der Waals surface area contributed by atoms with E-state index in [4.69, 9.17) is 14.2 Å². The van der Waals surface area contributed by atoms with Crippen LogP contribution in [0.1, 0.15) is 53.4 Å². The third-order valence-corrected chi connectivity index (χ3v) is 6.02. The van der Waals surface area contributed by atoms with E-state index in [2.05, 4.69) is 6.58 Å². The van der Waals surface area contributed by atoms with Gasteiger partial charge in [-0.25, -0.2) is 4.79 Å². The molecule has 6 unspecified atom stereocenters. The molecular formula is C20H28O6. The van der Waals surface area contributed by atoms with Gasteiger partial charge in [0, 0.05) is 18.4 Å². The van der Waals surface area contributed by atoms with Crippen molar-refractivity contribution in [3.63, 3.8) is 0 Å². The molecule has 0 amide bonds. The molecule has 144 valence electrons. The van der Waals surface area contributed by atoms with E-state index in [1.807, 2.05) is 20.8 Å². The molecule has 6 heteroatoms. The van der Waals surface area contributed by atoms with Crippen molar-refractivity contribution in [1.82, 2.24) is 0 Å². The topological polar surface area (TPSA) is 82.1 Å². The molecule has 6 nitrogen and oxygen atoms in total. The zero-order valence-electron chi connectivity index (χ0n) is 15.9. The molecule has 0 spiro atoms. The Morgan fingerprint density at radius 1 is 1.50 bits per heavy atom. The van der Waals surface area contributed by atoms with Crippen LogP contribution >= 0.6 is 0 Å². The second-order valence-corrected chi connectivity index (χ2v) is 8.10. The molecule has 3 rings (SSSR count). The second kappa shape index (κ2) is 6.50. The Kier molecular flexibility index (Phi) is 4.78. The van der Waals surface area contributed by atoms with Crippen LogP contribution in [0.4, 0.5) is 0 Å². The van der Waals surface area contributed by atoms with Crippen LogP contribution in [0.25, 0.3) is 0 Å². The molecule has 1 N–H and O–H groups in total. The number of hydrogen-bond acceptors (Lipinski definition) is 6. The van der Waals surface area contributed by atoms with E-state index in [1.54, 1.807) is 13.0 Å². The summed E-state index contributed by atoms with van der Waals surface area (Å²) in [6.45, 7) is 11.3. The van der Waals surface area contributed by atoms with Gasteiger partial charge in [0.15, 0.2) is 5.79 Å². The van der Waals surface area contributed by atoms with Gasteiger partial charge in [-0.15, -0.1) is 0 Å². The van der Waals surface area contributed by atoms with Gasteiger partial charge in [0.05, 0.1) is 17.4 Å². The third kappa shape index (κ3) is 3.21. The van der Waals surface area contributed by atoms with E-state index < -0.39 is 35.5 Å². The first kappa shape index (κ1) is 19.1. The average Bonchev–Trinajstić information content (AvgIpc) is 3.03. The first-order valence-electron chi connectivity index (χ1n) is 9.30. The maximum Gasteiger partial charge on any atom is 0.334 e. The van der Waals surface area contributed by atoms with Crippen molar-refractivity contribution in [1.29, 1.82) is 0 Å². The lowest BCUT2D eigenvalue weighted by molar-refractivity contribution is -0.203. The number of aliphatic hydroxyl groups is 1. The summed E-state index contributed by atoms with van der Waals surface area (Å²) in [6, 6.07) is 0. The predicted molar refractivity (Wildman–Crippen MR) is 93.9 cm³/mol. The molecule has 2 saturated heterocycles. The lowest BCUT2D eigenvalue weighted by Crippen LogP contribution is -2.40. The molecule has 0 aromatic carbocycles. The van der Waals surface area contributed by atoms with Crippen LogP contribution < -0.4 is 0 Å². The molecule has 26 heavy (non-hydrogen) atoms. The molecular weight excluding hydrogens is 336 g/mol. The summed E-state index contributed by atoms with van der Waals surface area (Å²) in [4.78, 5) is 24.6. The molecule has 3 aliphatic rings. The summed E-state index contributed by atoms with van der Waals surface area (Å²) in [5, 5.41) is 10.9. The number of esters is 2. The van der Waals surface area contributed by atoms with Gasteiger partial charge in [-0.3, -0.25) is 4.79 Å². The second-order valence-electron chi connectivity index (χ2n) is 8.10. The molecule has 0 saturated carbocycles. The Bertz CT molecular complexity index is 667. The molecule has 6 atom stereocenters. The Balaban J connectivity index is 2.00. The van der Waals surface area contributed by atoms with E-state index in [0.29, 0.717) is 36.8 Å². The summed E-state index contributed by atoms with van der Waals surface area (Å²) in [5.41, 5.74) is 0.243. The maximum atomic E-state index is 12.5. The van der Waals surface area contributed by atoms with Crippen molar-refractivity contribution in [2.24, 2.45) is 11.8 Å². The molecule has 3 heterocycles. The molecule has 2 fully saturated rings. The fourth-order valence-electron chi connectivity index (χ4n) is 4.02. The first-order valence-corrected chi connectivity index (χ1v) is 9.30. The summed E-state index contributed by atoms with van der Waals surface area (Å²) in [7, 11) is 0. The lowest BCUT2D eigenvalue weighted by Gasteiger charge is -2.33. The first-order chi connectivity index (χ1) is 12.1. The van der Waals surface area contributed by atoms with Crippen LogP contribution in [0, 0.1) is 11.8 Å². The van der Waals surface area contributed by atoms with E-state index in [0.717, 1.165) is 0 Å². The van der Waals surface area contributed by atoms with Gasteiger partial charge in [-0.2, -0.15) is 0 Å². The van der Waals surface area contributed by atoms with Crippen LogP contribution in [0.5, 0.6) is 0 Å². The molecule has 3 aliphatic heterocycles. The number of carbonyl (C=O) groups is 2. The smallest absolute Gasteiger partial charge is 0.334 e. The summed E-state index contributed by atoms with van der Waals surface area (Å²) in [5.74, 6) is -2.89. The highest BCUT2D eigenvalue weighted by atomic mass is 16.6. The van der Waals surface area contributed by atoms with Crippen molar-refractivity contribution in [2.75, 3.05) is 0 Å². The molecule has 0 aromatic heterocycles. The highest BCUT2D eigenvalue weighted by Crippen LogP contribution is 2.47. The van der Waals surface area contributed by atoms with Gasteiger partial charge in [-0.1, -0.05) is 20.4 Å². The Morgan fingerprint density at radius 2 is 2.19 bits per heavy atom. The third-order valence-electron chi connectivity index (χ3n) is 6.02. The van der Waals surface area contributed by atoms with Gasteiger partial charge < -0.3 is 19.3 Å². The maximum absolute atomic E-state index is 12.5. The van der Waals surface area contributed by atoms with Gasteiger partial charge in [0.25, 0.3) is 0 Å². The van der Waals surface area contributed by atoms with Crippen molar-refractivity contribution in [3.8, 4) is 0 Å². The fraction of sp³-hybridized carbons (Fsp3) is 0.700. The van der Waals surface area contributed by atoms with Gasteiger partial charge in [0.2, 0.25) is 0 Å². The number of rotatable bonds is 3. The average molecular weight is 364 g/mol. The molecule has 2 bridgehead atoms. The van der Waals surface area contributed by atoms with E-state index in [-0.39, 0.29) is 11.9 Å². The monoisotopic (exact) mass is 364 g/mol. The SMILES string of the molecule is C=C1C(=O)OC2C=C(C)C3(O)CCC(C)(CC(OC(=O)C(C)CC)C12)O3. The van der Waals surface area contributed by atoms with Crippen LogP contribution in [-0.4, -0.2) is 40.6 Å². The van der Waals surface area contributed by atoms with Gasteiger partial charge in [0.1, 0.15) is 12.2 Å². The lowest BCUT2D eigenvalue weighted by atomic mass is 9.81. The molecule has 0 aromatic rings. The standard InChI is InChI=1S/C20H28O6/c1-6-11(2)17(21)25-15-10-19(5)7-8-20(23,26-19)12(3)9-14-16(15)13(4)18(22)24-14/h9,11,14-16,23H,4,6-8,10H2,1-3,5H3. The van der Waals surface area contributed by atoms with Crippen molar-refractivity contribution in [3.05, 3.63) is 23.8 Å². The van der Waals surface area contributed by atoms with Crippen molar-refractivity contribution >= 4 is 11.9 Å². The Hall–Kier alpha value is -1.66. The summed E-state index contributed by atoms with van der Waals surface area (Å²) >= 11 is 0. The number of ether oxygens (including phenoxy) is 3. The minimum atomic E-state index is -1.38. The van der Waals surface area contributed by atoms with E-state index >= 15 is 0 Å². The van der Waals surface area contributed by atoms with Crippen LogP contribution in [-0.2, 0) is 23.8 Å². The normalized spacial score (nSPS) is 40.7. The van der Waals surface area contributed by atoms with Crippen LogP contribution in [0.3, 0.4) is 0 Å². The summed E-state index contributed by atoms with van der Waals surface area (Å²) < 4.78 is 17.3. The van der Waals surface area contributed by atoms with E-state index in [9.17, 15) is 14.7 Å². The fourth-order valence-corrected chi connectivity index (χ4v) is 4.02. The number of carbonyl (C=O) groups excluding carboxylic acids is 2. The zero-order chi connectivity index (χ0) is 19.3. The summed E-state index contributed by atoms with van der Waals surface area (Å²) in [6.07, 6.45) is 2.60. The predicted octanol–water partition coefficient (Wildman–Crippen LogP) is 2.65. The van der Waals surface area contributed by atoms with Crippen LogP contribution in [0.15, 0.2) is 23.8 Å². The van der Waals surface area contributed by atoms with Gasteiger partial charge in [-0.05, 0) is 38.3 Å². The minimum Gasteiger partial charge on any atom is -0.461 e. The number of hydrogen-bond donors (Lipinski definition) is 1. The van der Waals surface area contributed by atoms with Gasteiger partial charge >= 0.3 is 11.9 Å². The zero-order valence-corrected chi connectivity index (χ0v) is 15.9. The highest BCUT2D eigenvalue weighted by Gasteiger charge is 2.54. The molecule has 0 radical (unpaired) electrons. The number of fused-ring (bicyclic) bond motifs is 3. The highest BCUT2D eigenvalue weighted by molar-refractivity contribution is 5.91. The van der Waals surface area contributed by atoms with Crippen molar-refractivity contribution in [2.45, 2.75) is 77.0 Å². The Labute approximate surface area is 154 Å². The molecule has 0 aliphatic carbocycles.